The molecule has 1 aromatic rings. The first kappa shape index (κ1) is 13.9. The van der Waals surface area contributed by atoms with E-state index in [1.165, 1.54) is 0 Å². The van der Waals surface area contributed by atoms with Gasteiger partial charge in [-0.1, -0.05) is 12.1 Å². The highest BCUT2D eigenvalue weighted by Crippen LogP contribution is 2.27. The minimum Gasteiger partial charge on any atom is -0.399 e. The molecule has 4 nitrogen and oxygen atoms in total. The van der Waals surface area contributed by atoms with Crippen molar-refractivity contribution < 1.29 is 9.53 Å². The van der Waals surface area contributed by atoms with E-state index < -0.39 is 0 Å². The number of nitrogens with two attached hydrogens (primary N) is 1. The van der Waals surface area contributed by atoms with E-state index in [1.54, 1.807) is 7.11 Å². The van der Waals surface area contributed by atoms with Crippen molar-refractivity contribution in [2.45, 2.75) is 31.7 Å². The average Bonchev–Trinajstić information content (AvgIpc) is 3.23. The van der Waals surface area contributed by atoms with Gasteiger partial charge in [-0.2, -0.15) is 0 Å². The van der Waals surface area contributed by atoms with Crippen LogP contribution < -0.4 is 5.73 Å². The van der Waals surface area contributed by atoms with Gasteiger partial charge in [0, 0.05) is 31.8 Å². The van der Waals surface area contributed by atoms with Crippen molar-refractivity contribution in [2.75, 3.05) is 26.0 Å². The molecule has 104 valence electrons. The highest BCUT2D eigenvalue weighted by atomic mass is 16.5. The maximum atomic E-state index is 12.2. The number of anilines is 1. The zero-order chi connectivity index (χ0) is 13.7. The lowest BCUT2D eigenvalue weighted by atomic mass is 10.1. The number of amides is 1. The van der Waals surface area contributed by atoms with Crippen molar-refractivity contribution in [3.63, 3.8) is 0 Å². The highest BCUT2D eigenvalue weighted by molar-refractivity contribution is 5.77. The zero-order valence-electron chi connectivity index (χ0n) is 11.5. The summed E-state index contributed by atoms with van der Waals surface area (Å²) in [6.45, 7) is 1.33. The molecule has 1 fully saturated rings. The monoisotopic (exact) mass is 262 g/mol. The SMILES string of the molecule is COCCN(C(=O)CCc1ccc(N)cc1)C1CC1. The summed E-state index contributed by atoms with van der Waals surface area (Å²) in [5, 5.41) is 0. The van der Waals surface area contributed by atoms with Crippen LogP contribution >= 0.6 is 0 Å². The summed E-state index contributed by atoms with van der Waals surface area (Å²) in [7, 11) is 1.67. The van der Waals surface area contributed by atoms with Crippen LogP contribution in [0.3, 0.4) is 0 Å². The lowest BCUT2D eigenvalue weighted by molar-refractivity contribution is -0.132. The molecular formula is C15H22N2O2. The number of carbonyl (C=O) groups excluding carboxylic acids is 1. The van der Waals surface area contributed by atoms with Crippen LogP contribution in [0.5, 0.6) is 0 Å². The second kappa shape index (κ2) is 6.57. The van der Waals surface area contributed by atoms with Crippen molar-refractivity contribution in [1.82, 2.24) is 4.90 Å². The Morgan fingerprint density at radius 3 is 2.63 bits per heavy atom. The minimum absolute atomic E-state index is 0.233. The van der Waals surface area contributed by atoms with Crippen LogP contribution in [0.4, 0.5) is 5.69 Å². The summed E-state index contributed by atoms with van der Waals surface area (Å²) in [6.07, 6.45) is 3.61. The third-order valence-corrected chi connectivity index (χ3v) is 3.45. The number of benzene rings is 1. The van der Waals surface area contributed by atoms with E-state index >= 15 is 0 Å². The average molecular weight is 262 g/mol. The molecule has 0 heterocycles. The fourth-order valence-corrected chi connectivity index (χ4v) is 2.17. The number of hydrogen-bond donors (Lipinski definition) is 1. The van der Waals surface area contributed by atoms with Gasteiger partial charge in [-0.15, -0.1) is 0 Å². The highest BCUT2D eigenvalue weighted by Gasteiger charge is 2.31. The van der Waals surface area contributed by atoms with Gasteiger partial charge >= 0.3 is 0 Å². The van der Waals surface area contributed by atoms with E-state index in [2.05, 4.69) is 0 Å². The maximum absolute atomic E-state index is 12.2. The molecular weight excluding hydrogens is 240 g/mol. The van der Waals surface area contributed by atoms with Crippen LogP contribution in [0.15, 0.2) is 24.3 Å². The van der Waals surface area contributed by atoms with Crippen molar-refractivity contribution >= 4 is 11.6 Å². The quantitative estimate of drug-likeness (QED) is 0.763. The second-order valence-corrected chi connectivity index (χ2v) is 5.05. The first-order chi connectivity index (χ1) is 9.20. The molecule has 0 saturated heterocycles. The predicted octanol–water partition coefficient (Wildman–Crippen LogP) is 1.84. The molecule has 0 bridgehead atoms. The molecule has 2 N–H and O–H groups in total. The number of nitrogens with zero attached hydrogens (tertiary/aromatic N) is 1. The molecule has 19 heavy (non-hydrogen) atoms. The molecule has 1 aliphatic rings. The molecule has 1 aromatic carbocycles. The zero-order valence-corrected chi connectivity index (χ0v) is 11.5. The molecule has 2 rings (SSSR count). The van der Waals surface area contributed by atoms with E-state index in [0.29, 0.717) is 25.6 Å². The molecule has 1 amide bonds. The van der Waals surface area contributed by atoms with Gasteiger partial charge in [0.05, 0.1) is 6.61 Å². The Morgan fingerprint density at radius 2 is 2.05 bits per heavy atom. The number of nitrogen functional groups attached to an aromatic ring is 1. The van der Waals surface area contributed by atoms with E-state index in [1.807, 2.05) is 29.2 Å². The van der Waals surface area contributed by atoms with Crippen molar-refractivity contribution in [3.8, 4) is 0 Å². The Bertz CT molecular complexity index is 413. The molecule has 0 unspecified atom stereocenters. The number of aryl methyl sites for hydroxylation is 1. The van der Waals surface area contributed by atoms with Gasteiger partial charge in [-0.05, 0) is 37.0 Å². The topological polar surface area (TPSA) is 55.6 Å². The summed E-state index contributed by atoms with van der Waals surface area (Å²) in [5.41, 5.74) is 7.56. The molecule has 0 radical (unpaired) electrons. The number of ether oxygens (including phenoxy) is 1. The van der Waals surface area contributed by atoms with Crippen molar-refractivity contribution in [2.24, 2.45) is 0 Å². The Morgan fingerprint density at radius 1 is 1.37 bits per heavy atom. The fourth-order valence-electron chi connectivity index (χ4n) is 2.17. The van der Waals surface area contributed by atoms with Crippen LogP contribution in [0, 0.1) is 0 Å². The molecule has 0 atom stereocenters. The number of hydrogen-bond acceptors (Lipinski definition) is 3. The normalized spacial score (nSPS) is 14.4. The molecule has 1 saturated carbocycles. The van der Waals surface area contributed by atoms with Gasteiger partial charge < -0.3 is 15.4 Å². The van der Waals surface area contributed by atoms with Crippen molar-refractivity contribution in [1.29, 1.82) is 0 Å². The Hall–Kier alpha value is -1.55. The van der Waals surface area contributed by atoms with E-state index in [-0.39, 0.29) is 5.91 Å². The number of rotatable bonds is 7. The fraction of sp³-hybridized carbons (Fsp3) is 0.533. The Kier molecular flexibility index (Phi) is 4.80. The van der Waals surface area contributed by atoms with Gasteiger partial charge in [-0.25, -0.2) is 0 Å². The van der Waals surface area contributed by atoms with Gasteiger partial charge in [0.1, 0.15) is 0 Å². The summed E-state index contributed by atoms with van der Waals surface area (Å²) in [5.74, 6) is 0.233. The Balaban J connectivity index is 1.83. The molecule has 1 aliphatic carbocycles. The third kappa shape index (κ3) is 4.24. The van der Waals surface area contributed by atoms with Gasteiger partial charge in [-0.3, -0.25) is 4.79 Å². The van der Waals surface area contributed by atoms with Gasteiger partial charge in [0.2, 0.25) is 5.91 Å². The van der Waals surface area contributed by atoms with Crippen LogP contribution in [-0.4, -0.2) is 37.1 Å². The van der Waals surface area contributed by atoms with E-state index in [0.717, 1.165) is 30.5 Å². The van der Waals surface area contributed by atoms with E-state index in [9.17, 15) is 4.79 Å². The van der Waals surface area contributed by atoms with E-state index in [4.69, 9.17) is 10.5 Å². The Labute approximate surface area is 114 Å². The van der Waals surface area contributed by atoms with Crippen LogP contribution in [0.25, 0.3) is 0 Å². The second-order valence-electron chi connectivity index (χ2n) is 5.05. The number of carbonyl (C=O) groups is 1. The van der Waals surface area contributed by atoms with Crippen LogP contribution in [0.2, 0.25) is 0 Å². The predicted molar refractivity (Wildman–Crippen MR) is 75.8 cm³/mol. The lowest BCUT2D eigenvalue weighted by Crippen LogP contribution is -2.35. The van der Waals surface area contributed by atoms with Gasteiger partial charge in [0.15, 0.2) is 0 Å². The van der Waals surface area contributed by atoms with Crippen LogP contribution in [0.1, 0.15) is 24.8 Å². The molecule has 0 aliphatic heterocycles. The number of methoxy groups -OCH3 is 1. The van der Waals surface area contributed by atoms with Crippen LogP contribution in [-0.2, 0) is 16.0 Å². The smallest absolute Gasteiger partial charge is 0.223 e. The van der Waals surface area contributed by atoms with Gasteiger partial charge in [0.25, 0.3) is 0 Å². The largest absolute Gasteiger partial charge is 0.399 e. The van der Waals surface area contributed by atoms with Crippen molar-refractivity contribution in [3.05, 3.63) is 29.8 Å². The molecule has 0 spiro atoms. The molecule has 4 heteroatoms. The first-order valence-corrected chi connectivity index (χ1v) is 6.83. The summed E-state index contributed by atoms with van der Waals surface area (Å²) in [6, 6.07) is 8.18. The standard InChI is InChI=1S/C15H22N2O2/c1-19-11-10-17(14-7-8-14)15(18)9-4-12-2-5-13(16)6-3-12/h2-3,5-6,14H,4,7-11,16H2,1H3. The minimum atomic E-state index is 0.233. The summed E-state index contributed by atoms with van der Waals surface area (Å²) < 4.78 is 5.07. The maximum Gasteiger partial charge on any atom is 0.223 e. The molecule has 0 aromatic heterocycles. The lowest BCUT2D eigenvalue weighted by Gasteiger charge is -2.22. The third-order valence-electron chi connectivity index (χ3n) is 3.45. The summed E-state index contributed by atoms with van der Waals surface area (Å²) in [4.78, 5) is 14.2. The first-order valence-electron chi connectivity index (χ1n) is 6.83. The summed E-state index contributed by atoms with van der Waals surface area (Å²) >= 11 is 0.